The molecule has 1 heterocycles. The van der Waals surface area contributed by atoms with E-state index in [1.165, 1.54) is 11.8 Å². The molecule has 148 valence electrons. The second kappa shape index (κ2) is 9.33. The van der Waals surface area contributed by atoms with E-state index in [0.717, 1.165) is 16.8 Å². The van der Waals surface area contributed by atoms with Crippen LogP contribution in [0.1, 0.15) is 15.9 Å². The maximum absolute atomic E-state index is 12.5. The molecule has 0 atom stereocenters. The highest BCUT2D eigenvalue weighted by molar-refractivity contribution is 8.00. The molecule has 30 heavy (non-hydrogen) atoms. The van der Waals surface area contributed by atoms with Crippen molar-refractivity contribution in [2.45, 2.75) is 12.0 Å². The molecular weight excluding hydrogens is 394 g/mol. The third-order valence-electron chi connectivity index (χ3n) is 4.41. The fourth-order valence-electron chi connectivity index (χ4n) is 2.80. The predicted octanol–water partition coefficient (Wildman–Crippen LogP) is 7.04. The molecule has 0 saturated carbocycles. The molecule has 0 saturated heterocycles. The van der Waals surface area contributed by atoms with Crippen molar-refractivity contribution in [3.05, 3.63) is 96.1 Å². The Morgan fingerprint density at radius 1 is 0.900 bits per heavy atom. The lowest BCUT2D eigenvalue weighted by Gasteiger charge is -2.00. The second-order valence-electron chi connectivity index (χ2n) is 6.65. The highest BCUT2D eigenvalue weighted by atomic mass is 32.2. The number of rotatable bonds is 7. The zero-order valence-corrected chi connectivity index (χ0v) is 17.2. The van der Waals surface area contributed by atoms with Crippen molar-refractivity contribution in [3.63, 3.8) is 0 Å². The normalized spacial score (nSPS) is 11.1. The predicted molar refractivity (Wildman–Crippen MR) is 119 cm³/mol. The maximum atomic E-state index is 12.5. The minimum atomic E-state index is 0.0136. The first-order chi connectivity index (χ1) is 14.7. The Morgan fingerprint density at radius 2 is 1.57 bits per heavy atom. The highest BCUT2D eigenvalue weighted by Gasteiger charge is 2.19. The Hall–Kier alpha value is -3.51. The zero-order valence-electron chi connectivity index (χ0n) is 16.4. The van der Waals surface area contributed by atoms with Gasteiger partial charge in [0, 0.05) is 11.1 Å². The van der Waals surface area contributed by atoms with Crippen molar-refractivity contribution in [2.75, 3.05) is 5.75 Å². The first kappa shape index (κ1) is 19.8. The summed E-state index contributed by atoms with van der Waals surface area (Å²) in [7, 11) is 0. The number of azo groups is 1. The van der Waals surface area contributed by atoms with Gasteiger partial charge in [0.2, 0.25) is 5.09 Å². The van der Waals surface area contributed by atoms with E-state index in [2.05, 4.69) is 15.4 Å². The van der Waals surface area contributed by atoms with Crippen LogP contribution in [0.25, 0.3) is 11.3 Å². The van der Waals surface area contributed by atoms with Crippen molar-refractivity contribution >= 4 is 28.9 Å². The van der Waals surface area contributed by atoms with Crippen molar-refractivity contribution in [1.82, 2.24) is 5.16 Å². The summed E-state index contributed by atoms with van der Waals surface area (Å²) < 4.78 is 5.55. The van der Waals surface area contributed by atoms with Gasteiger partial charge in [0.25, 0.3) is 0 Å². The molecule has 0 unspecified atom stereocenters. The average molecular weight is 414 g/mol. The summed E-state index contributed by atoms with van der Waals surface area (Å²) in [5.41, 5.74) is 4.54. The molecule has 5 nitrogen and oxygen atoms in total. The number of aryl methyl sites for hydroxylation is 1. The molecule has 4 rings (SSSR count). The number of carbonyl (C=O) groups is 1. The summed E-state index contributed by atoms with van der Waals surface area (Å²) in [6.45, 7) is 2.02. The van der Waals surface area contributed by atoms with Crippen molar-refractivity contribution in [3.8, 4) is 11.3 Å². The molecule has 1 aromatic heterocycles. The lowest BCUT2D eigenvalue weighted by molar-refractivity contribution is 0.102. The van der Waals surface area contributed by atoms with Crippen LogP contribution in [0.2, 0.25) is 0 Å². The first-order valence-corrected chi connectivity index (χ1v) is 10.4. The standard InChI is InChI=1S/C24H19N3O2S/c1-17-12-14-20(15-13-17)25-26-23-22(19-10-6-3-7-11-19)27-29-24(23)30-16-21(28)18-8-4-2-5-9-18/h2-15H,16H2,1H3. The van der Waals surface area contributed by atoms with E-state index in [9.17, 15) is 4.79 Å². The van der Waals surface area contributed by atoms with Gasteiger partial charge < -0.3 is 4.52 Å². The van der Waals surface area contributed by atoms with E-state index in [1.807, 2.05) is 79.7 Å². The smallest absolute Gasteiger partial charge is 0.221 e. The molecule has 0 aliphatic rings. The van der Waals surface area contributed by atoms with Crippen LogP contribution in [0.4, 0.5) is 11.4 Å². The molecule has 0 fully saturated rings. The number of ketones is 1. The van der Waals surface area contributed by atoms with Gasteiger partial charge in [0.1, 0.15) is 5.69 Å². The largest absolute Gasteiger partial charge is 0.347 e. The second-order valence-corrected chi connectivity index (χ2v) is 7.59. The van der Waals surface area contributed by atoms with Crippen LogP contribution in [-0.2, 0) is 0 Å². The van der Waals surface area contributed by atoms with E-state index in [1.54, 1.807) is 12.1 Å². The van der Waals surface area contributed by atoms with E-state index < -0.39 is 0 Å². The zero-order chi connectivity index (χ0) is 20.8. The van der Waals surface area contributed by atoms with Crippen molar-refractivity contribution in [1.29, 1.82) is 0 Å². The molecule has 0 aliphatic heterocycles. The molecular formula is C24H19N3O2S. The SMILES string of the molecule is Cc1ccc(N=Nc2c(-c3ccccc3)noc2SCC(=O)c2ccccc2)cc1. The van der Waals surface area contributed by atoms with E-state index in [-0.39, 0.29) is 11.5 Å². The van der Waals surface area contributed by atoms with Gasteiger partial charge in [-0.1, -0.05) is 95.3 Å². The summed E-state index contributed by atoms with van der Waals surface area (Å²) in [6, 6.07) is 26.6. The number of aromatic nitrogens is 1. The molecule has 0 amide bonds. The van der Waals surface area contributed by atoms with Gasteiger partial charge in [-0.3, -0.25) is 4.79 Å². The Labute approximate surface area is 178 Å². The van der Waals surface area contributed by atoms with Crippen LogP contribution in [-0.4, -0.2) is 16.7 Å². The van der Waals surface area contributed by atoms with Gasteiger partial charge in [-0.15, -0.1) is 5.11 Å². The van der Waals surface area contributed by atoms with Crippen LogP contribution in [0.15, 0.2) is 105 Å². The van der Waals surface area contributed by atoms with Crippen molar-refractivity contribution < 1.29 is 9.32 Å². The van der Waals surface area contributed by atoms with Crippen LogP contribution in [0, 0.1) is 6.92 Å². The Morgan fingerprint density at radius 3 is 2.27 bits per heavy atom. The molecule has 0 radical (unpaired) electrons. The number of thioether (sulfide) groups is 1. The highest BCUT2D eigenvalue weighted by Crippen LogP contribution is 2.39. The number of hydrogen-bond acceptors (Lipinski definition) is 6. The number of carbonyl (C=O) groups excluding carboxylic acids is 1. The molecule has 0 spiro atoms. The van der Waals surface area contributed by atoms with Crippen LogP contribution in [0.5, 0.6) is 0 Å². The molecule has 0 aliphatic carbocycles. The lowest BCUT2D eigenvalue weighted by Crippen LogP contribution is -2.01. The van der Waals surface area contributed by atoms with Gasteiger partial charge in [-0.2, -0.15) is 5.11 Å². The fraction of sp³-hybridized carbons (Fsp3) is 0.0833. The number of benzene rings is 3. The lowest BCUT2D eigenvalue weighted by atomic mass is 10.1. The number of nitrogens with zero attached hydrogens (tertiary/aromatic N) is 3. The minimum absolute atomic E-state index is 0.0136. The molecule has 4 aromatic rings. The fourth-order valence-corrected chi connectivity index (χ4v) is 3.59. The van der Waals surface area contributed by atoms with Crippen LogP contribution in [0.3, 0.4) is 0 Å². The molecule has 0 bridgehead atoms. The van der Waals surface area contributed by atoms with Crippen LogP contribution >= 0.6 is 11.8 Å². The van der Waals surface area contributed by atoms with E-state index in [4.69, 9.17) is 4.52 Å². The molecule has 0 N–H and O–H groups in total. The third kappa shape index (κ3) is 4.72. The van der Waals surface area contributed by atoms with Crippen molar-refractivity contribution in [2.24, 2.45) is 10.2 Å². The van der Waals surface area contributed by atoms with Gasteiger partial charge >= 0.3 is 0 Å². The summed E-state index contributed by atoms with van der Waals surface area (Å²) in [4.78, 5) is 12.5. The van der Waals surface area contributed by atoms with Gasteiger partial charge in [0.15, 0.2) is 11.5 Å². The monoisotopic (exact) mass is 413 g/mol. The summed E-state index contributed by atoms with van der Waals surface area (Å²) in [5, 5.41) is 13.4. The summed E-state index contributed by atoms with van der Waals surface area (Å²) >= 11 is 1.27. The number of Topliss-reactive ketones (excluding diaryl/α,β-unsaturated/α-hetero) is 1. The molecule has 3 aromatic carbocycles. The maximum Gasteiger partial charge on any atom is 0.221 e. The number of hydrogen-bond donors (Lipinski definition) is 0. The van der Waals surface area contributed by atoms with E-state index >= 15 is 0 Å². The summed E-state index contributed by atoms with van der Waals surface area (Å²) in [6.07, 6.45) is 0. The van der Waals surface area contributed by atoms with Gasteiger partial charge in [-0.05, 0) is 19.1 Å². The van der Waals surface area contributed by atoms with E-state index in [0.29, 0.717) is 22.0 Å². The average Bonchev–Trinajstić information content (AvgIpc) is 3.21. The Bertz CT molecular complexity index is 1150. The topological polar surface area (TPSA) is 67.8 Å². The Kier molecular flexibility index (Phi) is 6.15. The van der Waals surface area contributed by atoms with Crippen LogP contribution < -0.4 is 0 Å². The summed E-state index contributed by atoms with van der Waals surface area (Å²) in [5.74, 6) is 0.236. The quantitative estimate of drug-likeness (QED) is 0.185. The Balaban J connectivity index is 1.62. The third-order valence-corrected chi connectivity index (χ3v) is 5.35. The van der Waals surface area contributed by atoms with Gasteiger partial charge in [-0.25, -0.2) is 0 Å². The first-order valence-electron chi connectivity index (χ1n) is 9.45. The molecule has 6 heteroatoms. The minimum Gasteiger partial charge on any atom is -0.347 e. The van der Waals surface area contributed by atoms with Gasteiger partial charge in [0.05, 0.1) is 11.4 Å².